The topological polar surface area (TPSA) is 64.3 Å². The second-order valence-electron chi connectivity index (χ2n) is 5.74. The van der Waals surface area contributed by atoms with Crippen molar-refractivity contribution in [3.63, 3.8) is 0 Å². The van der Waals surface area contributed by atoms with Crippen molar-refractivity contribution in [2.45, 2.75) is 18.3 Å². The highest BCUT2D eigenvalue weighted by Gasteiger charge is 2.35. The lowest BCUT2D eigenvalue weighted by molar-refractivity contribution is 0.336. The molecular formula is C17H22N4O. The molecule has 0 unspecified atom stereocenters. The van der Waals surface area contributed by atoms with Crippen LogP contribution in [0.1, 0.15) is 18.4 Å². The Morgan fingerprint density at radius 1 is 1.18 bits per heavy atom. The lowest BCUT2D eigenvalue weighted by Gasteiger charge is -2.41. The van der Waals surface area contributed by atoms with Gasteiger partial charge in [-0.25, -0.2) is 4.98 Å². The van der Waals surface area contributed by atoms with Crippen molar-refractivity contribution in [3.05, 3.63) is 48.2 Å². The average molecular weight is 298 g/mol. The van der Waals surface area contributed by atoms with Gasteiger partial charge in [-0.1, -0.05) is 30.3 Å². The zero-order valence-electron chi connectivity index (χ0n) is 12.9. The molecule has 1 aromatic heterocycles. The molecule has 0 spiro atoms. The maximum atomic E-state index is 6.13. The van der Waals surface area contributed by atoms with Crippen LogP contribution in [0.2, 0.25) is 0 Å². The molecule has 1 saturated heterocycles. The molecule has 0 aliphatic carbocycles. The van der Waals surface area contributed by atoms with E-state index in [4.69, 9.17) is 10.5 Å². The minimum atomic E-state index is 0.0661. The number of anilines is 1. The summed E-state index contributed by atoms with van der Waals surface area (Å²) in [6, 6.07) is 12.4. The van der Waals surface area contributed by atoms with Gasteiger partial charge in [0.15, 0.2) is 0 Å². The third-order valence-electron chi connectivity index (χ3n) is 4.61. The van der Waals surface area contributed by atoms with Crippen LogP contribution in [0, 0.1) is 0 Å². The Morgan fingerprint density at radius 2 is 1.91 bits per heavy atom. The maximum absolute atomic E-state index is 6.13. The summed E-state index contributed by atoms with van der Waals surface area (Å²) in [5.41, 5.74) is 7.53. The molecule has 0 radical (unpaired) electrons. The number of benzene rings is 1. The third-order valence-corrected chi connectivity index (χ3v) is 4.61. The number of ether oxygens (including phenoxy) is 1. The zero-order chi connectivity index (χ0) is 15.4. The van der Waals surface area contributed by atoms with Gasteiger partial charge in [0, 0.05) is 37.3 Å². The van der Waals surface area contributed by atoms with E-state index in [9.17, 15) is 0 Å². The first-order valence-corrected chi connectivity index (χ1v) is 7.65. The molecule has 0 atom stereocenters. The van der Waals surface area contributed by atoms with E-state index in [2.05, 4.69) is 39.1 Å². The minimum absolute atomic E-state index is 0.0661. The van der Waals surface area contributed by atoms with Crippen molar-refractivity contribution in [2.24, 2.45) is 5.73 Å². The van der Waals surface area contributed by atoms with Crippen LogP contribution in [0.3, 0.4) is 0 Å². The molecular weight excluding hydrogens is 276 g/mol. The first kappa shape index (κ1) is 14.8. The Kier molecular flexibility index (Phi) is 4.24. The van der Waals surface area contributed by atoms with E-state index in [0.29, 0.717) is 12.4 Å². The second kappa shape index (κ2) is 6.32. The van der Waals surface area contributed by atoms with E-state index in [1.54, 1.807) is 19.4 Å². The highest BCUT2D eigenvalue weighted by molar-refractivity contribution is 5.36. The van der Waals surface area contributed by atoms with Crippen LogP contribution in [-0.2, 0) is 5.41 Å². The number of piperidine rings is 1. The molecule has 1 aliphatic heterocycles. The van der Waals surface area contributed by atoms with Crippen molar-refractivity contribution >= 4 is 5.95 Å². The van der Waals surface area contributed by atoms with E-state index in [1.807, 2.05) is 6.07 Å². The summed E-state index contributed by atoms with van der Waals surface area (Å²) in [5, 5.41) is 0. The van der Waals surface area contributed by atoms with Crippen LogP contribution in [0.4, 0.5) is 5.95 Å². The standard InChI is InChI=1S/C17H22N4O/c1-22-15-7-10-19-16(20-15)21-11-8-17(13-18,9-12-21)14-5-3-2-4-6-14/h2-7,10H,8-9,11-13,18H2,1H3. The van der Waals surface area contributed by atoms with Gasteiger partial charge in [0.25, 0.3) is 0 Å². The molecule has 1 aliphatic rings. The van der Waals surface area contributed by atoms with Crippen LogP contribution < -0.4 is 15.4 Å². The first-order valence-electron chi connectivity index (χ1n) is 7.65. The molecule has 0 saturated carbocycles. The zero-order valence-corrected chi connectivity index (χ0v) is 12.9. The van der Waals surface area contributed by atoms with Gasteiger partial charge in [-0.3, -0.25) is 0 Å². The lowest BCUT2D eigenvalue weighted by atomic mass is 9.73. The van der Waals surface area contributed by atoms with E-state index in [1.165, 1.54) is 5.56 Å². The summed E-state index contributed by atoms with van der Waals surface area (Å²) in [5.74, 6) is 1.33. The second-order valence-corrected chi connectivity index (χ2v) is 5.74. The minimum Gasteiger partial charge on any atom is -0.481 e. The van der Waals surface area contributed by atoms with Crippen LogP contribution in [0.25, 0.3) is 0 Å². The fourth-order valence-corrected chi connectivity index (χ4v) is 3.14. The molecule has 22 heavy (non-hydrogen) atoms. The summed E-state index contributed by atoms with van der Waals surface area (Å²) in [6.45, 7) is 2.47. The molecule has 2 heterocycles. The van der Waals surface area contributed by atoms with Gasteiger partial charge in [0.2, 0.25) is 11.8 Å². The molecule has 116 valence electrons. The van der Waals surface area contributed by atoms with E-state index in [0.717, 1.165) is 31.9 Å². The fourth-order valence-electron chi connectivity index (χ4n) is 3.14. The molecule has 0 amide bonds. The summed E-state index contributed by atoms with van der Waals surface area (Å²) < 4.78 is 5.18. The van der Waals surface area contributed by atoms with E-state index in [-0.39, 0.29) is 5.41 Å². The molecule has 5 heteroatoms. The Morgan fingerprint density at radius 3 is 2.55 bits per heavy atom. The number of hydrogen-bond donors (Lipinski definition) is 1. The van der Waals surface area contributed by atoms with Crippen LogP contribution in [0.5, 0.6) is 5.88 Å². The Labute approximate surface area is 131 Å². The highest BCUT2D eigenvalue weighted by Crippen LogP contribution is 2.35. The summed E-state index contributed by atoms with van der Waals surface area (Å²) >= 11 is 0. The average Bonchev–Trinajstić information content (AvgIpc) is 2.62. The van der Waals surface area contributed by atoms with Gasteiger partial charge in [0.05, 0.1) is 7.11 Å². The molecule has 3 rings (SSSR count). The van der Waals surface area contributed by atoms with Crippen LogP contribution in [0.15, 0.2) is 42.6 Å². The molecule has 0 bridgehead atoms. The Balaban J connectivity index is 1.76. The summed E-state index contributed by atoms with van der Waals surface area (Å²) in [7, 11) is 1.62. The van der Waals surface area contributed by atoms with Gasteiger partial charge in [-0.2, -0.15) is 4.98 Å². The molecule has 1 fully saturated rings. The van der Waals surface area contributed by atoms with Gasteiger partial charge in [-0.05, 0) is 18.4 Å². The lowest BCUT2D eigenvalue weighted by Crippen LogP contribution is -2.47. The smallest absolute Gasteiger partial charge is 0.228 e. The molecule has 1 aromatic carbocycles. The summed E-state index contributed by atoms with van der Waals surface area (Å²) in [6.07, 6.45) is 3.76. The highest BCUT2D eigenvalue weighted by atomic mass is 16.5. The van der Waals surface area contributed by atoms with Crippen LogP contribution in [-0.4, -0.2) is 36.7 Å². The van der Waals surface area contributed by atoms with Crippen molar-refractivity contribution in [2.75, 3.05) is 31.6 Å². The quantitative estimate of drug-likeness (QED) is 0.935. The van der Waals surface area contributed by atoms with Gasteiger partial charge >= 0.3 is 0 Å². The number of nitrogens with zero attached hydrogens (tertiary/aromatic N) is 3. The molecule has 2 aromatic rings. The number of rotatable bonds is 4. The Hall–Kier alpha value is -2.14. The van der Waals surface area contributed by atoms with Crippen molar-refractivity contribution in [3.8, 4) is 5.88 Å². The van der Waals surface area contributed by atoms with E-state index < -0.39 is 0 Å². The fraction of sp³-hybridized carbons (Fsp3) is 0.412. The predicted octanol–water partition coefficient (Wildman–Crippen LogP) is 1.98. The van der Waals surface area contributed by atoms with E-state index >= 15 is 0 Å². The predicted molar refractivity (Wildman–Crippen MR) is 87.2 cm³/mol. The first-order chi connectivity index (χ1) is 10.8. The molecule has 5 nitrogen and oxygen atoms in total. The molecule has 2 N–H and O–H groups in total. The largest absolute Gasteiger partial charge is 0.481 e. The normalized spacial score (nSPS) is 17.3. The number of aromatic nitrogens is 2. The van der Waals surface area contributed by atoms with Gasteiger partial charge in [-0.15, -0.1) is 0 Å². The van der Waals surface area contributed by atoms with Crippen molar-refractivity contribution in [1.29, 1.82) is 0 Å². The monoisotopic (exact) mass is 298 g/mol. The van der Waals surface area contributed by atoms with Gasteiger partial charge < -0.3 is 15.4 Å². The number of nitrogens with two attached hydrogens (primary N) is 1. The van der Waals surface area contributed by atoms with Crippen molar-refractivity contribution < 1.29 is 4.74 Å². The third kappa shape index (κ3) is 2.76. The van der Waals surface area contributed by atoms with Crippen molar-refractivity contribution in [1.82, 2.24) is 9.97 Å². The summed E-state index contributed by atoms with van der Waals surface area (Å²) in [4.78, 5) is 11.0. The SMILES string of the molecule is COc1ccnc(N2CCC(CN)(c3ccccc3)CC2)n1. The Bertz CT molecular complexity index is 609. The van der Waals surface area contributed by atoms with Crippen LogP contribution >= 0.6 is 0 Å². The maximum Gasteiger partial charge on any atom is 0.228 e. The number of hydrogen-bond acceptors (Lipinski definition) is 5. The number of methoxy groups -OCH3 is 1. The van der Waals surface area contributed by atoms with Gasteiger partial charge in [0.1, 0.15) is 0 Å².